The van der Waals surface area contributed by atoms with Gasteiger partial charge in [0.15, 0.2) is 5.78 Å². The van der Waals surface area contributed by atoms with E-state index in [0.29, 0.717) is 12.1 Å². The molecule has 128 valence electrons. The molecule has 1 aliphatic carbocycles. The fraction of sp³-hybridized carbons (Fsp3) is 0.526. The molecule has 2 aliphatic rings. The largest absolute Gasteiger partial charge is 0.328 e. The number of urea groups is 1. The number of ketones is 1. The van der Waals surface area contributed by atoms with Gasteiger partial charge in [0, 0.05) is 12.1 Å². The quantitative estimate of drug-likeness (QED) is 0.616. The summed E-state index contributed by atoms with van der Waals surface area (Å²) in [6.07, 6.45) is 4.13. The molecule has 1 atom stereocenters. The van der Waals surface area contributed by atoms with Crippen molar-refractivity contribution in [2.45, 2.75) is 45.1 Å². The third-order valence-electron chi connectivity index (χ3n) is 5.56. The molecule has 0 spiro atoms. The molecule has 1 saturated carbocycles. The van der Waals surface area contributed by atoms with E-state index in [4.69, 9.17) is 0 Å². The standard InChI is InChI=1S/C19H24N2O3/c1-3-21-18(24)20(13-16(22)14-9-5-4-6-10-14)17(23)19(21,2)15-11-7-8-12-15/h4-6,9-10,15H,3,7-8,11-13H2,1-2H3. The van der Waals surface area contributed by atoms with Gasteiger partial charge in [0.25, 0.3) is 5.91 Å². The number of hydrogen-bond acceptors (Lipinski definition) is 3. The number of rotatable bonds is 5. The van der Waals surface area contributed by atoms with Gasteiger partial charge in [0.2, 0.25) is 0 Å². The van der Waals surface area contributed by atoms with Crippen LogP contribution in [0, 0.1) is 5.92 Å². The molecule has 1 unspecified atom stereocenters. The van der Waals surface area contributed by atoms with E-state index in [1.54, 1.807) is 29.2 Å². The van der Waals surface area contributed by atoms with Gasteiger partial charge >= 0.3 is 6.03 Å². The normalized spacial score (nSPS) is 24.9. The Balaban J connectivity index is 1.85. The minimum Gasteiger partial charge on any atom is -0.310 e. The average molecular weight is 328 g/mol. The van der Waals surface area contributed by atoms with E-state index in [9.17, 15) is 14.4 Å². The van der Waals surface area contributed by atoms with Gasteiger partial charge in [-0.3, -0.25) is 14.5 Å². The number of nitrogens with zero attached hydrogens (tertiary/aromatic N) is 2. The van der Waals surface area contributed by atoms with Crippen LogP contribution in [0.3, 0.4) is 0 Å². The van der Waals surface area contributed by atoms with Crippen molar-refractivity contribution < 1.29 is 14.4 Å². The molecule has 0 aromatic heterocycles. The van der Waals surface area contributed by atoms with Crippen LogP contribution < -0.4 is 0 Å². The number of likely N-dealkylation sites (N-methyl/N-ethyl adjacent to an activating group) is 1. The lowest BCUT2D eigenvalue weighted by Crippen LogP contribution is -2.52. The highest BCUT2D eigenvalue weighted by Crippen LogP contribution is 2.42. The number of benzene rings is 1. The molecule has 5 nitrogen and oxygen atoms in total. The second-order valence-corrected chi connectivity index (χ2v) is 6.84. The predicted molar refractivity (Wildman–Crippen MR) is 90.6 cm³/mol. The van der Waals surface area contributed by atoms with Crippen molar-refractivity contribution in [1.82, 2.24) is 9.80 Å². The van der Waals surface area contributed by atoms with Crippen LogP contribution in [-0.4, -0.2) is 46.1 Å². The Bertz CT molecular complexity index is 652. The lowest BCUT2D eigenvalue weighted by Gasteiger charge is -2.36. The maximum atomic E-state index is 13.1. The molecule has 24 heavy (non-hydrogen) atoms. The molecule has 1 aromatic carbocycles. The third kappa shape index (κ3) is 2.52. The number of carbonyl (C=O) groups is 3. The maximum absolute atomic E-state index is 13.1. The molecular weight excluding hydrogens is 304 g/mol. The molecule has 1 aromatic rings. The summed E-state index contributed by atoms with van der Waals surface area (Å²) in [5.41, 5.74) is -0.283. The zero-order chi connectivity index (χ0) is 17.3. The van der Waals surface area contributed by atoms with Crippen LogP contribution >= 0.6 is 0 Å². The predicted octanol–water partition coefficient (Wildman–Crippen LogP) is 3.10. The monoisotopic (exact) mass is 328 g/mol. The van der Waals surface area contributed by atoms with Gasteiger partial charge in [-0.1, -0.05) is 43.2 Å². The second kappa shape index (κ2) is 6.38. The lowest BCUT2D eigenvalue weighted by molar-refractivity contribution is -0.134. The van der Waals surface area contributed by atoms with Crippen molar-refractivity contribution in [2.75, 3.05) is 13.1 Å². The summed E-state index contributed by atoms with van der Waals surface area (Å²) in [4.78, 5) is 41.1. The van der Waals surface area contributed by atoms with Crippen molar-refractivity contribution in [3.63, 3.8) is 0 Å². The van der Waals surface area contributed by atoms with Crippen LogP contribution in [0.5, 0.6) is 0 Å². The molecule has 0 radical (unpaired) electrons. The van der Waals surface area contributed by atoms with Gasteiger partial charge in [0.05, 0.1) is 6.54 Å². The van der Waals surface area contributed by atoms with E-state index in [1.165, 1.54) is 0 Å². The summed E-state index contributed by atoms with van der Waals surface area (Å²) >= 11 is 0. The molecule has 0 bridgehead atoms. The van der Waals surface area contributed by atoms with Gasteiger partial charge in [-0.2, -0.15) is 0 Å². The summed E-state index contributed by atoms with van der Waals surface area (Å²) in [6, 6.07) is 8.48. The van der Waals surface area contributed by atoms with Crippen molar-refractivity contribution in [1.29, 1.82) is 0 Å². The molecule has 3 rings (SSSR count). The Labute approximate surface area is 142 Å². The zero-order valence-electron chi connectivity index (χ0n) is 14.3. The number of imide groups is 1. The Morgan fingerprint density at radius 1 is 1.17 bits per heavy atom. The van der Waals surface area contributed by atoms with E-state index < -0.39 is 5.54 Å². The highest BCUT2D eigenvalue weighted by Gasteiger charge is 2.57. The summed E-state index contributed by atoms with van der Waals surface area (Å²) in [5, 5.41) is 0. The van der Waals surface area contributed by atoms with Crippen LogP contribution in [0.1, 0.15) is 49.9 Å². The SMILES string of the molecule is CCN1C(=O)N(CC(=O)c2ccccc2)C(=O)C1(C)C1CCCC1. The third-order valence-corrected chi connectivity index (χ3v) is 5.56. The van der Waals surface area contributed by atoms with Gasteiger partial charge in [-0.15, -0.1) is 0 Å². The van der Waals surface area contributed by atoms with Crippen LogP contribution in [0.4, 0.5) is 4.79 Å². The smallest absolute Gasteiger partial charge is 0.310 e. The van der Waals surface area contributed by atoms with Gasteiger partial charge in [0.1, 0.15) is 5.54 Å². The minimum atomic E-state index is -0.806. The topological polar surface area (TPSA) is 57.7 Å². The first-order valence-electron chi connectivity index (χ1n) is 8.72. The summed E-state index contributed by atoms with van der Waals surface area (Å²) in [6.45, 7) is 4.06. The van der Waals surface area contributed by atoms with Crippen LogP contribution in [0.25, 0.3) is 0 Å². The first-order valence-corrected chi connectivity index (χ1v) is 8.72. The number of hydrogen-bond donors (Lipinski definition) is 0. The van der Waals surface area contributed by atoms with Gasteiger partial charge < -0.3 is 4.90 Å². The van der Waals surface area contributed by atoms with Crippen LogP contribution in [0.2, 0.25) is 0 Å². The first-order chi connectivity index (χ1) is 11.5. The highest BCUT2D eigenvalue weighted by atomic mass is 16.2. The second-order valence-electron chi connectivity index (χ2n) is 6.84. The number of carbonyl (C=O) groups excluding carboxylic acids is 3. The van der Waals surface area contributed by atoms with Gasteiger partial charge in [-0.25, -0.2) is 4.79 Å². The number of Topliss-reactive ketones (excluding diaryl/α,β-unsaturated/α-hetero) is 1. The molecule has 1 aliphatic heterocycles. The molecular formula is C19H24N2O3. The van der Waals surface area contributed by atoms with Gasteiger partial charge in [-0.05, 0) is 32.6 Å². The average Bonchev–Trinajstić information content (AvgIpc) is 3.19. The van der Waals surface area contributed by atoms with Crippen molar-refractivity contribution in [2.24, 2.45) is 5.92 Å². The Kier molecular flexibility index (Phi) is 4.43. The van der Waals surface area contributed by atoms with Crippen LogP contribution in [0.15, 0.2) is 30.3 Å². The zero-order valence-corrected chi connectivity index (χ0v) is 14.3. The fourth-order valence-corrected chi connectivity index (χ4v) is 4.16. The first kappa shape index (κ1) is 16.7. The Hall–Kier alpha value is -2.17. The maximum Gasteiger partial charge on any atom is 0.328 e. The lowest BCUT2D eigenvalue weighted by atomic mass is 9.83. The number of amides is 3. The van der Waals surface area contributed by atoms with E-state index in [2.05, 4.69) is 0 Å². The van der Waals surface area contributed by atoms with Crippen molar-refractivity contribution in [3.8, 4) is 0 Å². The molecule has 3 amide bonds. The Morgan fingerprint density at radius 2 is 1.79 bits per heavy atom. The van der Waals surface area contributed by atoms with E-state index >= 15 is 0 Å². The van der Waals surface area contributed by atoms with Crippen molar-refractivity contribution >= 4 is 17.7 Å². The highest BCUT2D eigenvalue weighted by molar-refractivity contribution is 6.11. The fourth-order valence-electron chi connectivity index (χ4n) is 4.16. The summed E-state index contributed by atoms with van der Waals surface area (Å²) in [7, 11) is 0. The Morgan fingerprint density at radius 3 is 2.38 bits per heavy atom. The minimum absolute atomic E-state index is 0.180. The molecule has 2 fully saturated rings. The van der Waals surface area contributed by atoms with E-state index in [-0.39, 0.29) is 30.2 Å². The van der Waals surface area contributed by atoms with E-state index in [0.717, 1.165) is 30.6 Å². The van der Waals surface area contributed by atoms with E-state index in [1.807, 2.05) is 19.9 Å². The summed E-state index contributed by atoms with van der Waals surface area (Å²) in [5.74, 6) is -0.236. The van der Waals surface area contributed by atoms with Crippen molar-refractivity contribution in [3.05, 3.63) is 35.9 Å². The molecule has 5 heteroatoms. The molecule has 0 N–H and O–H groups in total. The molecule has 1 heterocycles. The summed E-state index contributed by atoms with van der Waals surface area (Å²) < 4.78 is 0. The van der Waals surface area contributed by atoms with Crippen LogP contribution in [-0.2, 0) is 4.79 Å². The molecule has 1 saturated heterocycles.